The lowest BCUT2D eigenvalue weighted by atomic mass is 10.1. The molecule has 0 heterocycles. The monoisotopic (exact) mass is 233 g/mol. The Labute approximate surface area is 99.5 Å². The molecule has 0 aliphatic heterocycles. The lowest BCUT2D eigenvalue weighted by Gasteiger charge is -2.12. The summed E-state index contributed by atoms with van der Waals surface area (Å²) in [5, 5.41) is 13.5. The summed E-state index contributed by atoms with van der Waals surface area (Å²) in [6, 6.07) is 12.8. The highest BCUT2D eigenvalue weighted by Crippen LogP contribution is 2.32. The predicted octanol–water partition coefficient (Wildman–Crippen LogP) is 4.10. The summed E-state index contributed by atoms with van der Waals surface area (Å²) in [6.45, 7) is 1.93. The first-order valence-electron chi connectivity index (χ1n) is 4.98. The summed E-state index contributed by atoms with van der Waals surface area (Å²) >= 11 is 6.03. The molecule has 2 N–H and O–H groups in total. The molecule has 0 amide bonds. The second kappa shape index (κ2) is 4.45. The highest BCUT2D eigenvalue weighted by atomic mass is 35.5. The number of aromatic hydroxyl groups is 1. The van der Waals surface area contributed by atoms with Crippen LogP contribution in [0.4, 0.5) is 11.4 Å². The normalized spacial score (nSPS) is 10.1. The van der Waals surface area contributed by atoms with E-state index < -0.39 is 0 Å². The molecule has 2 nitrogen and oxygen atoms in total. The second-order valence-corrected chi connectivity index (χ2v) is 3.98. The fourth-order valence-corrected chi connectivity index (χ4v) is 1.70. The summed E-state index contributed by atoms with van der Waals surface area (Å²) in [5.41, 5.74) is 2.45. The summed E-state index contributed by atoms with van der Waals surface area (Å²) in [6.07, 6.45) is 0. The second-order valence-electron chi connectivity index (χ2n) is 3.57. The zero-order chi connectivity index (χ0) is 11.5. The maximum Gasteiger partial charge on any atom is 0.139 e. The number of para-hydroxylation sites is 2. The first kappa shape index (κ1) is 10.8. The van der Waals surface area contributed by atoms with Gasteiger partial charge in [0, 0.05) is 0 Å². The van der Waals surface area contributed by atoms with E-state index in [0.29, 0.717) is 10.7 Å². The molecule has 0 bridgehead atoms. The minimum Gasteiger partial charge on any atom is -0.506 e. The average Bonchev–Trinajstić information content (AvgIpc) is 2.26. The minimum absolute atomic E-state index is 0.222. The van der Waals surface area contributed by atoms with Crippen LogP contribution in [0.2, 0.25) is 5.02 Å². The van der Waals surface area contributed by atoms with Crippen molar-refractivity contribution in [3.8, 4) is 5.75 Å². The Morgan fingerprint density at radius 1 is 1.06 bits per heavy atom. The van der Waals surface area contributed by atoms with Crippen LogP contribution in [0.3, 0.4) is 0 Å². The Kier molecular flexibility index (Phi) is 3.02. The Balaban J connectivity index is 2.38. The van der Waals surface area contributed by atoms with Crippen LogP contribution < -0.4 is 5.32 Å². The number of aryl methyl sites for hydroxylation is 1. The largest absolute Gasteiger partial charge is 0.506 e. The third kappa shape index (κ3) is 2.12. The van der Waals surface area contributed by atoms with Crippen LogP contribution in [0, 0.1) is 6.92 Å². The van der Waals surface area contributed by atoms with Crippen molar-refractivity contribution in [3.05, 3.63) is 53.1 Å². The Morgan fingerprint density at radius 3 is 2.50 bits per heavy atom. The minimum atomic E-state index is 0.222. The first-order valence-corrected chi connectivity index (χ1v) is 5.36. The van der Waals surface area contributed by atoms with Gasteiger partial charge in [-0.15, -0.1) is 0 Å². The Bertz CT molecular complexity index is 491. The van der Waals surface area contributed by atoms with E-state index in [1.807, 2.05) is 37.3 Å². The molecule has 0 aromatic heterocycles. The number of nitrogens with one attached hydrogen (secondary N) is 1. The fourth-order valence-electron chi connectivity index (χ4n) is 1.51. The molecule has 0 radical (unpaired) electrons. The average molecular weight is 234 g/mol. The predicted molar refractivity (Wildman–Crippen MR) is 67.6 cm³/mol. The molecule has 0 fully saturated rings. The first-order chi connectivity index (χ1) is 7.68. The maximum absolute atomic E-state index is 9.74. The molecule has 0 aliphatic rings. The van der Waals surface area contributed by atoms with E-state index in [4.69, 9.17) is 11.6 Å². The summed E-state index contributed by atoms with van der Waals surface area (Å²) in [7, 11) is 0. The van der Waals surface area contributed by atoms with Crippen LogP contribution in [0.5, 0.6) is 5.75 Å². The molecule has 0 saturated carbocycles. The van der Waals surface area contributed by atoms with E-state index in [2.05, 4.69) is 5.32 Å². The number of benzene rings is 2. The van der Waals surface area contributed by atoms with Gasteiger partial charge in [0.1, 0.15) is 5.75 Å². The van der Waals surface area contributed by atoms with Gasteiger partial charge in [0.15, 0.2) is 0 Å². The number of hydrogen-bond acceptors (Lipinski definition) is 2. The third-order valence-corrected chi connectivity index (χ3v) is 2.71. The smallest absolute Gasteiger partial charge is 0.139 e. The van der Waals surface area contributed by atoms with Gasteiger partial charge in [0.2, 0.25) is 0 Å². The standard InChI is InChI=1S/C13H12ClNO/c1-9-5-4-8-12(16)13(9)15-11-7-3-2-6-10(11)14/h2-8,15-16H,1H3. The molecule has 0 unspecified atom stereocenters. The van der Waals surface area contributed by atoms with Crippen molar-refractivity contribution in [2.24, 2.45) is 0 Å². The number of phenolic OH excluding ortho intramolecular Hbond substituents is 1. The van der Waals surface area contributed by atoms with E-state index in [9.17, 15) is 5.11 Å². The van der Waals surface area contributed by atoms with Gasteiger partial charge >= 0.3 is 0 Å². The van der Waals surface area contributed by atoms with Crippen LogP contribution in [0.15, 0.2) is 42.5 Å². The van der Waals surface area contributed by atoms with E-state index in [1.165, 1.54) is 0 Å². The van der Waals surface area contributed by atoms with Gasteiger partial charge in [0.05, 0.1) is 16.4 Å². The van der Waals surface area contributed by atoms with Crippen LogP contribution >= 0.6 is 11.6 Å². The molecule has 0 atom stereocenters. The van der Waals surface area contributed by atoms with Crippen LogP contribution in [-0.4, -0.2) is 5.11 Å². The van der Waals surface area contributed by atoms with Crippen molar-refractivity contribution in [3.63, 3.8) is 0 Å². The lowest BCUT2D eigenvalue weighted by molar-refractivity contribution is 0.477. The summed E-state index contributed by atoms with van der Waals surface area (Å²) in [5.74, 6) is 0.222. The molecule has 2 rings (SSSR count). The highest BCUT2D eigenvalue weighted by Gasteiger charge is 2.06. The third-order valence-electron chi connectivity index (χ3n) is 2.38. The zero-order valence-corrected chi connectivity index (χ0v) is 9.62. The fraction of sp³-hybridized carbons (Fsp3) is 0.0769. The zero-order valence-electron chi connectivity index (χ0n) is 8.87. The van der Waals surface area contributed by atoms with Gasteiger partial charge in [-0.1, -0.05) is 35.9 Å². The SMILES string of the molecule is Cc1cccc(O)c1Nc1ccccc1Cl. The topological polar surface area (TPSA) is 32.3 Å². The number of hydrogen-bond donors (Lipinski definition) is 2. The molecule has 0 aliphatic carbocycles. The van der Waals surface area contributed by atoms with Crippen molar-refractivity contribution in [1.29, 1.82) is 0 Å². The van der Waals surface area contributed by atoms with E-state index in [0.717, 1.165) is 11.3 Å². The van der Waals surface area contributed by atoms with Gasteiger partial charge in [-0.2, -0.15) is 0 Å². The van der Waals surface area contributed by atoms with Gasteiger partial charge < -0.3 is 10.4 Å². The van der Waals surface area contributed by atoms with Gasteiger partial charge in [-0.25, -0.2) is 0 Å². The molecule has 0 saturated heterocycles. The molecule has 3 heteroatoms. The molecule has 0 spiro atoms. The molecule has 82 valence electrons. The van der Waals surface area contributed by atoms with Crippen molar-refractivity contribution < 1.29 is 5.11 Å². The molecule has 2 aromatic rings. The Morgan fingerprint density at radius 2 is 1.81 bits per heavy atom. The number of phenols is 1. The van der Waals surface area contributed by atoms with E-state index >= 15 is 0 Å². The van der Waals surface area contributed by atoms with Crippen LogP contribution in [-0.2, 0) is 0 Å². The number of anilines is 2. The van der Waals surface area contributed by atoms with Crippen molar-refractivity contribution >= 4 is 23.0 Å². The Hall–Kier alpha value is -1.67. The van der Waals surface area contributed by atoms with Gasteiger partial charge in [-0.3, -0.25) is 0 Å². The molecule has 2 aromatic carbocycles. The highest BCUT2D eigenvalue weighted by molar-refractivity contribution is 6.33. The lowest BCUT2D eigenvalue weighted by Crippen LogP contribution is -1.94. The van der Waals surface area contributed by atoms with Crippen molar-refractivity contribution in [1.82, 2.24) is 0 Å². The summed E-state index contributed by atoms with van der Waals surface area (Å²) < 4.78 is 0. The number of rotatable bonds is 2. The maximum atomic E-state index is 9.74. The van der Waals surface area contributed by atoms with Crippen molar-refractivity contribution in [2.75, 3.05) is 5.32 Å². The van der Waals surface area contributed by atoms with Gasteiger partial charge in [-0.05, 0) is 30.7 Å². The molecular formula is C13H12ClNO. The quantitative estimate of drug-likeness (QED) is 0.766. The number of halogens is 1. The van der Waals surface area contributed by atoms with Crippen LogP contribution in [0.1, 0.15) is 5.56 Å². The van der Waals surface area contributed by atoms with E-state index in [-0.39, 0.29) is 5.75 Å². The van der Waals surface area contributed by atoms with Gasteiger partial charge in [0.25, 0.3) is 0 Å². The summed E-state index contributed by atoms with van der Waals surface area (Å²) in [4.78, 5) is 0. The van der Waals surface area contributed by atoms with Crippen molar-refractivity contribution in [2.45, 2.75) is 6.92 Å². The molecular weight excluding hydrogens is 222 g/mol. The molecule has 16 heavy (non-hydrogen) atoms. The van der Waals surface area contributed by atoms with E-state index in [1.54, 1.807) is 12.1 Å². The van der Waals surface area contributed by atoms with Crippen LogP contribution in [0.25, 0.3) is 0 Å².